The lowest BCUT2D eigenvalue weighted by Crippen LogP contribution is -2.12. The second-order valence-corrected chi connectivity index (χ2v) is 4.72. The number of alkyl halides is 3. The van der Waals surface area contributed by atoms with Crippen LogP contribution in [0.25, 0.3) is 11.2 Å². The Hall–Kier alpha value is -2.84. The highest BCUT2D eigenvalue weighted by Gasteiger charge is 2.31. The SMILES string of the molecule is Cc1cc(Nc2cc3nonc3[nH]c2=O)cc(C(F)(F)F)c1. The molecule has 0 amide bonds. The topological polar surface area (TPSA) is 83.8 Å². The minimum Gasteiger partial charge on any atom is -0.351 e. The van der Waals surface area contributed by atoms with E-state index < -0.39 is 17.3 Å². The molecule has 0 fully saturated rings. The van der Waals surface area contributed by atoms with Crippen molar-refractivity contribution in [2.45, 2.75) is 13.1 Å². The first-order valence-electron chi connectivity index (χ1n) is 6.14. The van der Waals surface area contributed by atoms with Gasteiger partial charge in [-0.3, -0.25) is 4.79 Å². The fraction of sp³-hybridized carbons (Fsp3) is 0.154. The van der Waals surface area contributed by atoms with Gasteiger partial charge in [0.05, 0.1) is 5.56 Å². The molecule has 0 saturated carbocycles. The number of aryl methyl sites for hydroxylation is 1. The van der Waals surface area contributed by atoms with Crippen LogP contribution in [0.1, 0.15) is 11.1 Å². The van der Waals surface area contributed by atoms with E-state index in [0.717, 1.165) is 12.1 Å². The largest absolute Gasteiger partial charge is 0.416 e. The molecule has 3 rings (SSSR count). The number of anilines is 2. The van der Waals surface area contributed by atoms with Crippen molar-refractivity contribution in [3.8, 4) is 0 Å². The van der Waals surface area contributed by atoms with E-state index in [0.29, 0.717) is 5.56 Å². The van der Waals surface area contributed by atoms with E-state index in [9.17, 15) is 18.0 Å². The van der Waals surface area contributed by atoms with Gasteiger partial charge < -0.3 is 10.3 Å². The van der Waals surface area contributed by atoms with Crippen LogP contribution in [0, 0.1) is 6.92 Å². The van der Waals surface area contributed by atoms with E-state index in [4.69, 9.17) is 0 Å². The van der Waals surface area contributed by atoms with E-state index >= 15 is 0 Å². The lowest BCUT2D eigenvalue weighted by Gasteiger charge is -2.11. The molecule has 2 aromatic heterocycles. The molecular formula is C13H9F3N4O2. The quantitative estimate of drug-likeness (QED) is 0.760. The summed E-state index contributed by atoms with van der Waals surface area (Å²) in [6.07, 6.45) is -4.46. The minimum atomic E-state index is -4.46. The molecule has 0 spiro atoms. The number of nitrogens with one attached hydrogen (secondary N) is 2. The minimum absolute atomic E-state index is 0.0434. The molecule has 0 aliphatic rings. The third-order valence-corrected chi connectivity index (χ3v) is 2.96. The van der Waals surface area contributed by atoms with Crippen LogP contribution >= 0.6 is 0 Å². The second-order valence-electron chi connectivity index (χ2n) is 4.72. The highest BCUT2D eigenvalue weighted by molar-refractivity contribution is 5.75. The van der Waals surface area contributed by atoms with Gasteiger partial charge in [0.15, 0.2) is 5.52 Å². The van der Waals surface area contributed by atoms with Crippen LogP contribution in [0.5, 0.6) is 0 Å². The van der Waals surface area contributed by atoms with Crippen LogP contribution in [0.2, 0.25) is 0 Å². The third-order valence-electron chi connectivity index (χ3n) is 2.96. The average Bonchev–Trinajstić information content (AvgIpc) is 2.84. The molecule has 2 heterocycles. The molecule has 114 valence electrons. The van der Waals surface area contributed by atoms with Gasteiger partial charge in [-0.2, -0.15) is 13.2 Å². The molecule has 0 aliphatic heterocycles. The Morgan fingerprint density at radius 3 is 2.68 bits per heavy atom. The van der Waals surface area contributed by atoms with Crippen molar-refractivity contribution in [1.29, 1.82) is 0 Å². The predicted molar refractivity (Wildman–Crippen MR) is 71.9 cm³/mol. The number of aromatic nitrogens is 3. The Balaban J connectivity index is 2.03. The number of nitrogens with zero attached hydrogens (tertiary/aromatic N) is 2. The third kappa shape index (κ3) is 2.65. The molecule has 0 bridgehead atoms. The molecule has 6 nitrogen and oxygen atoms in total. The van der Waals surface area contributed by atoms with Gasteiger partial charge in [-0.15, -0.1) is 0 Å². The van der Waals surface area contributed by atoms with Gasteiger partial charge in [-0.1, -0.05) is 0 Å². The van der Waals surface area contributed by atoms with E-state index in [1.54, 1.807) is 0 Å². The zero-order valence-electron chi connectivity index (χ0n) is 11.2. The maximum Gasteiger partial charge on any atom is 0.416 e. The molecule has 1 aromatic carbocycles. The average molecular weight is 310 g/mol. The maximum atomic E-state index is 12.8. The molecule has 0 saturated heterocycles. The van der Waals surface area contributed by atoms with Gasteiger partial charge in [-0.05, 0) is 41.0 Å². The number of fused-ring (bicyclic) bond motifs is 1. The summed E-state index contributed by atoms with van der Waals surface area (Å²) in [5.74, 6) is 0. The van der Waals surface area contributed by atoms with Crippen LogP contribution < -0.4 is 10.9 Å². The lowest BCUT2D eigenvalue weighted by molar-refractivity contribution is -0.137. The number of hydrogen-bond acceptors (Lipinski definition) is 5. The Bertz CT molecular complexity index is 898. The highest BCUT2D eigenvalue weighted by atomic mass is 19.4. The summed E-state index contributed by atoms with van der Waals surface area (Å²) in [5, 5.41) is 9.68. The second kappa shape index (κ2) is 4.86. The van der Waals surface area contributed by atoms with Gasteiger partial charge >= 0.3 is 6.18 Å². The smallest absolute Gasteiger partial charge is 0.351 e. The first-order valence-corrected chi connectivity index (χ1v) is 6.14. The molecule has 0 radical (unpaired) electrons. The van der Waals surface area contributed by atoms with Gasteiger partial charge in [0.1, 0.15) is 5.69 Å². The normalized spacial score (nSPS) is 11.8. The Morgan fingerprint density at radius 1 is 1.18 bits per heavy atom. The standard InChI is InChI=1S/C13H9F3N4O2/c1-6-2-7(13(14,15)16)4-8(3-6)17-10-5-9-11(18-12(10)21)20-22-19-9/h2-5,17H,1H3,(H,18,20,21). The Kier molecular flexibility index (Phi) is 3.12. The van der Waals surface area contributed by atoms with Crippen LogP contribution in [-0.4, -0.2) is 15.3 Å². The van der Waals surface area contributed by atoms with Crippen molar-refractivity contribution in [2.24, 2.45) is 0 Å². The zero-order valence-corrected chi connectivity index (χ0v) is 11.2. The number of benzene rings is 1. The monoisotopic (exact) mass is 310 g/mol. The molecule has 0 unspecified atom stereocenters. The molecule has 0 aliphatic carbocycles. The number of hydrogen-bond donors (Lipinski definition) is 2. The Labute approximate surface area is 120 Å². The zero-order chi connectivity index (χ0) is 15.9. The molecule has 22 heavy (non-hydrogen) atoms. The van der Waals surface area contributed by atoms with Crippen LogP contribution in [0.4, 0.5) is 24.5 Å². The fourth-order valence-electron chi connectivity index (χ4n) is 2.02. The van der Waals surface area contributed by atoms with Crippen LogP contribution in [-0.2, 0) is 6.18 Å². The molecule has 9 heteroatoms. The number of rotatable bonds is 2. The van der Waals surface area contributed by atoms with Gasteiger partial charge in [0, 0.05) is 11.8 Å². The fourth-order valence-corrected chi connectivity index (χ4v) is 2.02. The van der Waals surface area contributed by atoms with Crippen LogP contribution in [0.3, 0.4) is 0 Å². The van der Waals surface area contributed by atoms with E-state index in [-0.39, 0.29) is 22.5 Å². The number of aromatic amines is 1. The van der Waals surface area contributed by atoms with Crippen molar-refractivity contribution >= 4 is 22.5 Å². The van der Waals surface area contributed by atoms with Crippen molar-refractivity contribution in [1.82, 2.24) is 15.3 Å². The molecule has 0 atom stereocenters. The first kappa shape index (κ1) is 14.1. The highest BCUT2D eigenvalue weighted by Crippen LogP contribution is 2.32. The van der Waals surface area contributed by atoms with Gasteiger partial charge in [-0.25, -0.2) is 4.63 Å². The number of halogens is 3. The summed E-state index contributed by atoms with van der Waals surface area (Å²) in [6.45, 7) is 1.54. The number of pyridine rings is 1. The summed E-state index contributed by atoms with van der Waals surface area (Å²) < 4.78 is 42.9. The van der Waals surface area contributed by atoms with E-state index in [1.807, 2.05) is 0 Å². The van der Waals surface area contributed by atoms with Crippen molar-refractivity contribution in [3.05, 3.63) is 45.7 Å². The van der Waals surface area contributed by atoms with Crippen molar-refractivity contribution in [3.63, 3.8) is 0 Å². The van der Waals surface area contributed by atoms with E-state index in [1.165, 1.54) is 19.1 Å². The lowest BCUT2D eigenvalue weighted by atomic mass is 10.1. The Morgan fingerprint density at radius 2 is 1.95 bits per heavy atom. The summed E-state index contributed by atoms with van der Waals surface area (Å²) in [4.78, 5) is 14.3. The van der Waals surface area contributed by atoms with Crippen molar-refractivity contribution in [2.75, 3.05) is 5.32 Å². The molecule has 2 N–H and O–H groups in total. The van der Waals surface area contributed by atoms with Crippen molar-refractivity contribution < 1.29 is 17.8 Å². The number of H-pyrrole nitrogens is 1. The summed E-state index contributed by atoms with van der Waals surface area (Å²) in [5.41, 5.74) is -0.288. The molecular weight excluding hydrogens is 301 g/mol. The summed E-state index contributed by atoms with van der Waals surface area (Å²) in [6, 6.07) is 4.80. The molecule has 3 aromatic rings. The van der Waals surface area contributed by atoms with Gasteiger partial charge in [0.2, 0.25) is 5.65 Å². The van der Waals surface area contributed by atoms with Crippen LogP contribution in [0.15, 0.2) is 33.7 Å². The van der Waals surface area contributed by atoms with Gasteiger partial charge in [0.25, 0.3) is 5.56 Å². The first-order chi connectivity index (χ1) is 10.3. The van der Waals surface area contributed by atoms with E-state index in [2.05, 4.69) is 25.2 Å². The predicted octanol–water partition coefficient (Wildman–Crippen LogP) is 2.98. The maximum absolute atomic E-state index is 12.8. The summed E-state index contributed by atoms with van der Waals surface area (Å²) in [7, 11) is 0. The summed E-state index contributed by atoms with van der Waals surface area (Å²) >= 11 is 0.